The van der Waals surface area contributed by atoms with Gasteiger partial charge in [-0.3, -0.25) is 0 Å². The molecule has 0 unspecified atom stereocenters. The number of hydrogen-bond donors (Lipinski definition) is 0. The van der Waals surface area contributed by atoms with Crippen molar-refractivity contribution >= 4 is 19.4 Å². The van der Waals surface area contributed by atoms with Crippen molar-refractivity contribution in [3.63, 3.8) is 0 Å². The van der Waals surface area contributed by atoms with Gasteiger partial charge >= 0.3 is 0 Å². The maximum atomic E-state index is 0. The zero-order valence-corrected chi connectivity index (χ0v) is 8.92. The summed E-state index contributed by atoms with van der Waals surface area (Å²) in [6.45, 7) is 0. The molecule has 0 nitrogen and oxygen atoms in total. The molecule has 0 heterocycles. The summed E-state index contributed by atoms with van der Waals surface area (Å²) in [6, 6.07) is 0. The molecule has 0 aromatic carbocycles. The minimum Gasteiger partial charge on any atom is -0.0125 e. The Labute approximate surface area is 75.3 Å². The molecule has 0 atom stereocenters. The summed E-state index contributed by atoms with van der Waals surface area (Å²) in [4.78, 5) is 0. The van der Waals surface area contributed by atoms with Gasteiger partial charge in [-0.05, 0) is 11.0 Å². The molecule has 0 bridgehead atoms. The minimum atomic E-state index is 0. The maximum absolute atomic E-state index is 0. The first-order valence-corrected chi connectivity index (χ1v) is 0. The van der Waals surface area contributed by atoms with Crippen LogP contribution in [-0.2, 0) is 56.5 Å². The standard InChI is InChI=1S/B.Cu.Fe.Nb.H3Si/h;;;;1H3. The second-order valence-electron chi connectivity index (χ2n) is 0. The predicted molar refractivity (Wildman–Crippen MR) is 15.7 cm³/mol. The summed E-state index contributed by atoms with van der Waals surface area (Å²) in [5, 5.41) is 0. The van der Waals surface area contributed by atoms with E-state index >= 15 is 0 Å². The van der Waals surface area contributed by atoms with Crippen molar-refractivity contribution in [2.24, 2.45) is 0 Å². The molecule has 0 N–H and O–H groups in total. The van der Waals surface area contributed by atoms with Gasteiger partial charge in [-0.25, -0.2) is 0 Å². The molecule has 0 aliphatic heterocycles. The van der Waals surface area contributed by atoms with Crippen LogP contribution in [0, 0.1) is 0 Å². The normalized spacial score (nSPS) is 0. The Hall–Kier alpha value is 2.06. The van der Waals surface area contributed by atoms with Crippen molar-refractivity contribution in [1.82, 2.24) is 0 Å². The van der Waals surface area contributed by atoms with Crippen LogP contribution in [0.1, 0.15) is 0 Å². The van der Waals surface area contributed by atoms with E-state index in [1.807, 2.05) is 0 Å². The summed E-state index contributed by atoms with van der Waals surface area (Å²) in [7, 11) is 0. The van der Waals surface area contributed by atoms with Crippen molar-refractivity contribution in [2.75, 3.05) is 0 Å². The third-order valence-electron chi connectivity index (χ3n) is 0. The molecule has 0 rings (SSSR count). The second kappa shape index (κ2) is 36.5. The molecule has 0 aromatic rings. The fourth-order valence-electron chi connectivity index (χ4n) is 0. The van der Waals surface area contributed by atoms with Crippen LogP contribution in [-0.4, -0.2) is 19.4 Å². The van der Waals surface area contributed by atoms with E-state index in [0.29, 0.717) is 0 Å². The van der Waals surface area contributed by atoms with E-state index in [9.17, 15) is 0 Å². The Bertz CT molecular complexity index is 11.6. The molecule has 0 aliphatic rings. The van der Waals surface area contributed by atoms with Crippen molar-refractivity contribution in [3.05, 3.63) is 0 Å². The first-order chi connectivity index (χ1) is 0. The summed E-state index contributed by atoms with van der Waals surface area (Å²) in [5.74, 6) is 0. The Balaban J connectivity index is 0. The molecule has 6 radical (unpaired) electrons. The molecule has 5 heavy (non-hydrogen) atoms. The van der Waals surface area contributed by atoms with Crippen molar-refractivity contribution < 1.29 is 56.5 Å². The largest absolute Gasteiger partial charge is 0.0125 e. The van der Waals surface area contributed by atoms with Gasteiger partial charge in [-0.15, -0.1) is 0 Å². The van der Waals surface area contributed by atoms with Gasteiger partial charge < -0.3 is 0 Å². The maximum Gasteiger partial charge on any atom is 0 e. The van der Waals surface area contributed by atoms with E-state index in [4.69, 9.17) is 0 Å². The van der Waals surface area contributed by atoms with E-state index in [1.54, 1.807) is 0 Å². The van der Waals surface area contributed by atoms with Gasteiger partial charge in [0, 0.05) is 64.9 Å². The SMILES string of the molecule is [B].[Cu].[Fe].[Nb].[SiH3]. The van der Waals surface area contributed by atoms with E-state index < -0.39 is 0 Å². The summed E-state index contributed by atoms with van der Waals surface area (Å²) in [5.41, 5.74) is 0. The first-order valence-electron chi connectivity index (χ1n) is 0. The Kier molecular flexibility index (Phi) is 446. The van der Waals surface area contributed by atoms with E-state index in [-0.39, 0.29) is 75.9 Å². The average molecular weight is 254 g/mol. The van der Waals surface area contributed by atoms with Gasteiger partial charge in [0.25, 0.3) is 0 Å². The van der Waals surface area contributed by atoms with Gasteiger partial charge in [0.1, 0.15) is 0 Å². The quantitative estimate of drug-likeness (QED) is 0.458. The Morgan fingerprint density at radius 2 is 1.00 bits per heavy atom. The van der Waals surface area contributed by atoms with Gasteiger partial charge in [0.05, 0.1) is 0 Å². The molecule has 0 amide bonds. The van der Waals surface area contributed by atoms with E-state index in [2.05, 4.69) is 0 Å². The molecule has 0 saturated carbocycles. The summed E-state index contributed by atoms with van der Waals surface area (Å²) in [6.07, 6.45) is 0. The fourth-order valence-corrected chi connectivity index (χ4v) is 0. The minimum absolute atomic E-state index is 0. The smallest absolute Gasteiger partial charge is 0 e. The van der Waals surface area contributed by atoms with Gasteiger partial charge in [-0.1, -0.05) is 0 Å². The Morgan fingerprint density at radius 1 is 1.00 bits per heavy atom. The van der Waals surface area contributed by atoms with Crippen LogP contribution in [0.3, 0.4) is 0 Å². The summed E-state index contributed by atoms with van der Waals surface area (Å²) >= 11 is 0. The number of hydrogen-bond acceptors (Lipinski definition) is 0. The fraction of sp³-hybridized carbons (Fsp3) is 0. The van der Waals surface area contributed by atoms with E-state index in [0.717, 1.165) is 0 Å². The van der Waals surface area contributed by atoms with Crippen molar-refractivity contribution in [3.8, 4) is 0 Å². The molecule has 5 heteroatoms. The van der Waals surface area contributed by atoms with Crippen LogP contribution in [0.5, 0.6) is 0 Å². The van der Waals surface area contributed by atoms with Crippen LogP contribution in [0.15, 0.2) is 0 Å². The van der Waals surface area contributed by atoms with Crippen molar-refractivity contribution in [2.45, 2.75) is 0 Å². The molecule has 0 spiro atoms. The van der Waals surface area contributed by atoms with Crippen LogP contribution in [0.2, 0.25) is 0 Å². The zero-order chi connectivity index (χ0) is 0. The second-order valence-corrected chi connectivity index (χ2v) is 0. The van der Waals surface area contributed by atoms with Crippen LogP contribution in [0.25, 0.3) is 0 Å². The molecular formula is H3BCuFeNbSi. The van der Waals surface area contributed by atoms with Gasteiger partial charge in [0.15, 0.2) is 0 Å². The topological polar surface area (TPSA) is 0 Å². The molecule has 0 fully saturated rings. The third-order valence-corrected chi connectivity index (χ3v) is 0. The molecule has 34 valence electrons. The molecular weight excluding hydrogens is 251 g/mol. The third kappa shape index (κ3) is 23.5. The van der Waals surface area contributed by atoms with Gasteiger partial charge in [-0.2, -0.15) is 0 Å². The Morgan fingerprint density at radius 3 is 1.00 bits per heavy atom. The first kappa shape index (κ1) is 61.1. The van der Waals surface area contributed by atoms with Crippen LogP contribution < -0.4 is 0 Å². The monoisotopic (exact) mass is 254 g/mol. The number of rotatable bonds is 0. The zero-order valence-electron chi connectivity index (χ0n) is 2.68. The summed E-state index contributed by atoms with van der Waals surface area (Å²) < 4.78 is 0. The average Bonchev–Trinajstić information content (AvgIpc) is 0. The van der Waals surface area contributed by atoms with Crippen LogP contribution in [0.4, 0.5) is 0 Å². The predicted octanol–water partition coefficient (Wildman–Crippen LogP) is -1.57. The molecule has 0 saturated heterocycles. The van der Waals surface area contributed by atoms with E-state index in [1.165, 1.54) is 0 Å². The van der Waals surface area contributed by atoms with Crippen molar-refractivity contribution in [1.29, 1.82) is 0 Å². The van der Waals surface area contributed by atoms with Crippen LogP contribution >= 0.6 is 0 Å². The van der Waals surface area contributed by atoms with Gasteiger partial charge in [0.2, 0.25) is 0 Å². The molecule has 0 aromatic heterocycles. The molecule has 0 aliphatic carbocycles.